The molecule has 0 bridgehead atoms. The van der Waals surface area contributed by atoms with Gasteiger partial charge in [-0.3, -0.25) is 0 Å². The third-order valence-electron chi connectivity index (χ3n) is 0.941. The first-order chi connectivity index (χ1) is 4.35. The normalized spacial score (nSPS) is 8.73. The Balaban J connectivity index is -0.000000320. The summed E-state index contributed by atoms with van der Waals surface area (Å²) in [6.07, 6.45) is 0.585. The van der Waals surface area contributed by atoms with Gasteiger partial charge in [0.05, 0.1) is 0 Å². The van der Waals surface area contributed by atoms with Gasteiger partial charge in [0.1, 0.15) is 6.29 Å². The predicted molar refractivity (Wildman–Crippen MR) is 47.3 cm³/mol. The minimum atomic E-state index is -0.0972. The predicted octanol–water partition coefficient (Wildman–Crippen LogP) is 2.19. The molecule has 0 fully saturated rings. The molecular formula is C7H16BrO2Zn-. The van der Waals surface area contributed by atoms with E-state index in [1.807, 2.05) is 13.8 Å². The van der Waals surface area contributed by atoms with E-state index in [1.165, 1.54) is 0 Å². The molecule has 0 aliphatic heterocycles. The molecule has 2 nitrogen and oxygen atoms in total. The molecule has 0 saturated carbocycles. The Kier molecular flexibility index (Phi) is 22.2. The van der Waals surface area contributed by atoms with Gasteiger partial charge in [-0.1, -0.05) is 0 Å². The quantitative estimate of drug-likeness (QED) is 0.436. The first-order valence-corrected chi connectivity index (χ1v) is 3.37. The van der Waals surface area contributed by atoms with E-state index in [4.69, 9.17) is 9.47 Å². The summed E-state index contributed by atoms with van der Waals surface area (Å²) in [5, 5.41) is 0. The maximum Gasteiger partial charge on any atom is 0.130 e. The molecule has 0 radical (unpaired) electrons. The Bertz CT molecular complexity index is 58.4. The first-order valence-electron chi connectivity index (χ1n) is 3.37. The van der Waals surface area contributed by atoms with E-state index >= 15 is 0 Å². The van der Waals surface area contributed by atoms with Crippen molar-refractivity contribution in [2.45, 2.75) is 26.6 Å². The molecular weight excluding hydrogens is 261 g/mol. The van der Waals surface area contributed by atoms with Crippen LogP contribution in [-0.4, -0.2) is 19.5 Å². The fraction of sp³-hybridized carbons (Fsp3) is 0.857. The fourth-order valence-electron chi connectivity index (χ4n) is 0.587. The van der Waals surface area contributed by atoms with Crippen LogP contribution in [0.4, 0.5) is 0 Å². The zero-order valence-corrected chi connectivity index (χ0v) is 12.0. The molecule has 0 aliphatic carbocycles. The molecule has 0 aliphatic rings. The van der Waals surface area contributed by atoms with Crippen molar-refractivity contribution in [2.24, 2.45) is 0 Å². The number of ether oxygens (including phenoxy) is 2. The van der Waals surface area contributed by atoms with E-state index in [2.05, 4.69) is 6.92 Å². The van der Waals surface area contributed by atoms with E-state index in [-0.39, 0.29) is 42.7 Å². The van der Waals surface area contributed by atoms with Crippen molar-refractivity contribution in [3.05, 3.63) is 6.92 Å². The topological polar surface area (TPSA) is 18.5 Å². The van der Waals surface area contributed by atoms with Crippen LogP contribution < -0.4 is 0 Å². The van der Waals surface area contributed by atoms with Gasteiger partial charge in [-0.2, -0.15) is 0 Å². The standard InChI is InChI=1S/C7H15O2.BrH.Zn/c1-4-7(8-5-2)9-6-3;;/h7H,1,4-6H2,2-3H3;1H;/q-1;;. The van der Waals surface area contributed by atoms with Crippen LogP contribution in [0.5, 0.6) is 0 Å². The van der Waals surface area contributed by atoms with Crippen LogP contribution in [0, 0.1) is 6.92 Å². The zero-order chi connectivity index (χ0) is 7.11. The third kappa shape index (κ3) is 11.0. The molecule has 0 atom stereocenters. The molecule has 0 N–H and O–H groups in total. The van der Waals surface area contributed by atoms with Crippen molar-refractivity contribution >= 4 is 17.0 Å². The van der Waals surface area contributed by atoms with Gasteiger partial charge >= 0.3 is 0 Å². The SMILES string of the molecule is Br.[CH2-]CC(OCC)OCC.[Zn]. The first kappa shape index (κ1) is 17.9. The number of rotatable bonds is 5. The number of halogens is 1. The molecule has 0 rings (SSSR count). The molecule has 0 spiro atoms. The molecule has 66 valence electrons. The Morgan fingerprint density at radius 1 is 1.18 bits per heavy atom. The number of hydrogen-bond donors (Lipinski definition) is 0. The second kappa shape index (κ2) is 13.6. The van der Waals surface area contributed by atoms with Crippen LogP contribution in [0.25, 0.3) is 0 Å². The van der Waals surface area contributed by atoms with Gasteiger partial charge in [-0.05, 0) is 13.8 Å². The van der Waals surface area contributed by atoms with Crippen LogP contribution in [0.1, 0.15) is 20.3 Å². The van der Waals surface area contributed by atoms with Crippen molar-refractivity contribution in [3.8, 4) is 0 Å². The smallest absolute Gasteiger partial charge is 0.130 e. The van der Waals surface area contributed by atoms with Gasteiger partial charge in [-0.25, -0.2) is 0 Å². The van der Waals surface area contributed by atoms with Crippen LogP contribution in [0.2, 0.25) is 0 Å². The van der Waals surface area contributed by atoms with Crippen LogP contribution in [-0.2, 0) is 29.0 Å². The summed E-state index contributed by atoms with van der Waals surface area (Å²) >= 11 is 0. The average Bonchev–Trinajstić information content (AvgIpc) is 1.88. The summed E-state index contributed by atoms with van der Waals surface area (Å²) in [4.78, 5) is 0. The summed E-state index contributed by atoms with van der Waals surface area (Å²) in [5.74, 6) is 0. The van der Waals surface area contributed by atoms with Crippen LogP contribution in [0.15, 0.2) is 0 Å². The summed E-state index contributed by atoms with van der Waals surface area (Å²) in [6, 6.07) is 0. The van der Waals surface area contributed by atoms with E-state index in [9.17, 15) is 0 Å². The van der Waals surface area contributed by atoms with Gasteiger partial charge in [-0.15, -0.1) is 23.4 Å². The Morgan fingerprint density at radius 2 is 1.55 bits per heavy atom. The van der Waals surface area contributed by atoms with Gasteiger partial charge in [0.25, 0.3) is 0 Å². The van der Waals surface area contributed by atoms with Crippen LogP contribution in [0.3, 0.4) is 0 Å². The van der Waals surface area contributed by atoms with E-state index < -0.39 is 0 Å². The summed E-state index contributed by atoms with van der Waals surface area (Å²) in [5.41, 5.74) is 0. The zero-order valence-electron chi connectivity index (χ0n) is 7.34. The van der Waals surface area contributed by atoms with E-state index in [1.54, 1.807) is 0 Å². The Morgan fingerprint density at radius 3 is 1.73 bits per heavy atom. The van der Waals surface area contributed by atoms with Crippen molar-refractivity contribution in [1.82, 2.24) is 0 Å². The summed E-state index contributed by atoms with van der Waals surface area (Å²) in [6.45, 7) is 8.95. The maximum absolute atomic E-state index is 5.15. The molecule has 0 aromatic carbocycles. The molecule has 0 aromatic heterocycles. The Labute approximate surface area is 92.6 Å². The van der Waals surface area contributed by atoms with Crippen molar-refractivity contribution in [2.75, 3.05) is 13.2 Å². The second-order valence-electron chi connectivity index (χ2n) is 1.63. The summed E-state index contributed by atoms with van der Waals surface area (Å²) < 4.78 is 10.3. The molecule has 0 heterocycles. The molecule has 11 heavy (non-hydrogen) atoms. The molecule has 0 unspecified atom stereocenters. The van der Waals surface area contributed by atoms with Gasteiger partial charge < -0.3 is 16.4 Å². The fourth-order valence-corrected chi connectivity index (χ4v) is 0.587. The van der Waals surface area contributed by atoms with Gasteiger partial charge in [0.2, 0.25) is 0 Å². The Hall–Kier alpha value is 1.02. The summed E-state index contributed by atoms with van der Waals surface area (Å²) in [7, 11) is 0. The maximum atomic E-state index is 5.15. The van der Waals surface area contributed by atoms with Crippen molar-refractivity contribution in [1.29, 1.82) is 0 Å². The average molecular weight is 277 g/mol. The van der Waals surface area contributed by atoms with Crippen molar-refractivity contribution in [3.63, 3.8) is 0 Å². The molecule has 0 aromatic rings. The second-order valence-corrected chi connectivity index (χ2v) is 1.63. The molecule has 0 saturated heterocycles. The van der Waals surface area contributed by atoms with Gasteiger partial charge in [0, 0.05) is 32.7 Å². The van der Waals surface area contributed by atoms with Crippen molar-refractivity contribution < 1.29 is 29.0 Å². The van der Waals surface area contributed by atoms with Crippen LogP contribution >= 0.6 is 17.0 Å². The molecule has 4 heteroatoms. The monoisotopic (exact) mass is 275 g/mol. The number of hydrogen-bond acceptors (Lipinski definition) is 2. The minimum absolute atomic E-state index is 0. The van der Waals surface area contributed by atoms with Gasteiger partial charge in [0.15, 0.2) is 0 Å². The third-order valence-corrected chi connectivity index (χ3v) is 0.941. The van der Waals surface area contributed by atoms with E-state index in [0.717, 1.165) is 0 Å². The minimum Gasteiger partial charge on any atom is -0.356 e. The van der Waals surface area contributed by atoms with E-state index in [0.29, 0.717) is 19.6 Å². The molecule has 0 amide bonds. The largest absolute Gasteiger partial charge is 0.356 e.